The summed E-state index contributed by atoms with van der Waals surface area (Å²) in [4.78, 5) is 4.46. The summed E-state index contributed by atoms with van der Waals surface area (Å²) in [7, 11) is 2.03. The van der Waals surface area contributed by atoms with Crippen molar-refractivity contribution in [2.45, 2.75) is 45.6 Å². The zero-order valence-corrected chi connectivity index (χ0v) is 12.3. The topological polar surface area (TPSA) is 29.9 Å². The van der Waals surface area contributed by atoms with Crippen LogP contribution in [0.2, 0.25) is 0 Å². The first-order chi connectivity index (χ1) is 9.06. The lowest BCUT2D eigenvalue weighted by molar-refractivity contribution is 0.0771. The van der Waals surface area contributed by atoms with Crippen LogP contribution in [0.4, 0.5) is 0 Å². The van der Waals surface area contributed by atoms with Gasteiger partial charge in [0, 0.05) is 18.8 Å². The van der Waals surface area contributed by atoms with Gasteiger partial charge in [-0.15, -0.1) is 0 Å². The van der Waals surface area contributed by atoms with E-state index in [1.54, 1.807) is 0 Å². The monoisotopic (exact) mass is 259 g/mol. The van der Waals surface area contributed by atoms with Crippen molar-refractivity contribution in [2.75, 3.05) is 0 Å². The number of aromatic nitrogens is 2. The Balaban J connectivity index is 1.72. The summed E-state index contributed by atoms with van der Waals surface area (Å²) in [5.74, 6) is 2.61. The van der Waals surface area contributed by atoms with Gasteiger partial charge in [0.25, 0.3) is 0 Å². The Morgan fingerprint density at radius 3 is 2.79 bits per heavy atom. The fraction of sp³-hybridized carbons (Fsp3) is 0.688. The Morgan fingerprint density at radius 2 is 2.21 bits per heavy atom. The SMILES string of the molecule is C=C(NC1C[C@@H]2CC[C@H]1C(C)C2)c1ncn(C)c1C. The molecule has 1 aromatic rings. The number of imidazole rings is 1. The minimum absolute atomic E-state index is 0.608. The summed E-state index contributed by atoms with van der Waals surface area (Å²) < 4.78 is 2.05. The molecule has 0 spiro atoms. The van der Waals surface area contributed by atoms with Crippen molar-refractivity contribution in [1.82, 2.24) is 14.9 Å². The molecule has 3 heteroatoms. The van der Waals surface area contributed by atoms with E-state index < -0.39 is 0 Å². The molecule has 19 heavy (non-hydrogen) atoms. The second-order valence-corrected chi connectivity index (χ2v) is 6.57. The molecule has 3 fully saturated rings. The highest BCUT2D eigenvalue weighted by Gasteiger charge is 2.40. The summed E-state index contributed by atoms with van der Waals surface area (Å²) >= 11 is 0. The zero-order chi connectivity index (χ0) is 13.6. The molecule has 4 rings (SSSR count). The third-order valence-corrected chi connectivity index (χ3v) is 5.33. The van der Waals surface area contributed by atoms with E-state index in [4.69, 9.17) is 0 Å². The number of hydrogen-bond acceptors (Lipinski definition) is 2. The van der Waals surface area contributed by atoms with Gasteiger partial charge in [-0.1, -0.05) is 19.9 Å². The molecule has 1 N–H and O–H groups in total. The van der Waals surface area contributed by atoms with Crippen LogP contribution in [-0.4, -0.2) is 15.6 Å². The Labute approximate surface area is 116 Å². The predicted octanol–water partition coefficient (Wildman–Crippen LogP) is 3.11. The molecule has 3 saturated carbocycles. The molecule has 0 saturated heterocycles. The average molecular weight is 259 g/mol. The zero-order valence-electron chi connectivity index (χ0n) is 12.3. The van der Waals surface area contributed by atoms with Crippen LogP contribution in [-0.2, 0) is 7.05 Å². The second-order valence-electron chi connectivity index (χ2n) is 6.57. The Kier molecular flexibility index (Phi) is 3.15. The van der Waals surface area contributed by atoms with Gasteiger partial charge in [0.15, 0.2) is 0 Å². The van der Waals surface area contributed by atoms with E-state index in [0.29, 0.717) is 6.04 Å². The predicted molar refractivity (Wildman–Crippen MR) is 78.5 cm³/mol. The molecule has 3 aliphatic rings. The molecule has 0 aromatic carbocycles. The maximum absolute atomic E-state index is 4.46. The first-order valence-corrected chi connectivity index (χ1v) is 7.50. The largest absolute Gasteiger partial charge is 0.381 e. The first-order valence-electron chi connectivity index (χ1n) is 7.50. The van der Waals surface area contributed by atoms with Crippen LogP contribution in [0.3, 0.4) is 0 Å². The number of fused-ring (bicyclic) bond motifs is 3. The fourth-order valence-electron chi connectivity index (χ4n) is 4.12. The van der Waals surface area contributed by atoms with E-state index in [9.17, 15) is 0 Å². The quantitative estimate of drug-likeness (QED) is 0.904. The van der Waals surface area contributed by atoms with E-state index in [-0.39, 0.29) is 0 Å². The molecule has 3 aliphatic carbocycles. The summed E-state index contributed by atoms with van der Waals surface area (Å²) in [6, 6.07) is 0.608. The van der Waals surface area contributed by atoms with Crippen molar-refractivity contribution in [3.63, 3.8) is 0 Å². The smallest absolute Gasteiger partial charge is 0.106 e. The summed E-state index contributed by atoms with van der Waals surface area (Å²) in [5, 5.41) is 3.68. The van der Waals surface area contributed by atoms with Crippen LogP contribution >= 0.6 is 0 Å². The lowest BCUT2D eigenvalue weighted by Crippen LogP contribution is -2.47. The van der Waals surface area contributed by atoms with Gasteiger partial charge >= 0.3 is 0 Å². The molecule has 1 aromatic heterocycles. The van der Waals surface area contributed by atoms with Crippen molar-refractivity contribution in [3.05, 3.63) is 24.3 Å². The van der Waals surface area contributed by atoms with Gasteiger partial charge in [-0.05, 0) is 43.9 Å². The second kappa shape index (κ2) is 4.69. The van der Waals surface area contributed by atoms with Crippen LogP contribution < -0.4 is 5.32 Å². The summed E-state index contributed by atoms with van der Waals surface area (Å²) in [6.07, 6.45) is 7.44. The third kappa shape index (κ3) is 2.19. The molecule has 0 aliphatic heterocycles. The fourth-order valence-corrected chi connectivity index (χ4v) is 4.12. The van der Waals surface area contributed by atoms with E-state index in [2.05, 4.69) is 35.3 Å². The number of rotatable bonds is 3. The highest BCUT2D eigenvalue weighted by molar-refractivity contribution is 5.60. The standard InChI is InChI=1S/C16H25N3/c1-10-7-13-5-6-14(10)15(8-13)18-11(2)16-12(3)19(4)9-17-16/h9-10,13-15,18H,2,5-8H2,1,3-4H3/t10?,13-,14+,15?/m1/s1. The normalized spacial score (nSPS) is 33.4. The van der Waals surface area contributed by atoms with Gasteiger partial charge in [0.1, 0.15) is 5.69 Å². The lowest BCUT2D eigenvalue weighted by atomic mass is 9.63. The molecule has 2 bridgehead atoms. The van der Waals surface area contributed by atoms with E-state index in [0.717, 1.165) is 29.1 Å². The van der Waals surface area contributed by atoms with Crippen LogP contribution in [0.25, 0.3) is 5.70 Å². The average Bonchev–Trinajstić information content (AvgIpc) is 2.70. The molecule has 3 nitrogen and oxygen atoms in total. The van der Waals surface area contributed by atoms with Crippen LogP contribution in [0.1, 0.15) is 44.0 Å². The number of aryl methyl sites for hydroxylation is 1. The molecular weight excluding hydrogens is 234 g/mol. The van der Waals surface area contributed by atoms with Crippen LogP contribution in [0.15, 0.2) is 12.9 Å². The third-order valence-electron chi connectivity index (χ3n) is 5.33. The van der Waals surface area contributed by atoms with Gasteiger partial charge in [-0.2, -0.15) is 0 Å². The Bertz CT molecular complexity index is 488. The van der Waals surface area contributed by atoms with E-state index >= 15 is 0 Å². The minimum Gasteiger partial charge on any atom is -0.381 e. The minimum atomic E-state index is 0.608. The molecule has 0 amide bonds. The maximum Gasteiger partial charge on any atom is 0.106 e. The van der Waals surface area contributed by atoms with E-state index in [1.807, 2.05) is 13.4 Å². The lowest BCUT2D eigenvalue weighted by Gasteiger charge is -2.47. The van der Waals surface area contributed by atoms with E-state index in [1.165, 1.54) is 31.4 Å². The van der Waals surface area contributed by atoms with Gasteiger partial charge in [-0.3, -0.25) is 0 Å². The molecule has 4 atom stereocenters. The van der Waals surface area contributed by atoms with Crippen LogP contribution in [0, 0.1) is 24.7 Å². The highest BCUT2D eigenvalue weighted by Crippen LogP contribution is 2.45. The van der Waals surface area contributed by atoms with Crippen molar-refractivity contribution in [2.24, 2.45) is 24.8 Å². The maximum atomic E-state index is 4.46. The molecular formula is C16H25N3. The molecule has 1 heterocycles. The molecule has 104 valence electrons. The van der Waals surface area contributed by atoms with Gasteiger partial charge in [-0.25, -0.2) is 4.98 Å². The number of nitrogens with zero attached hydrogens (tertiary/aromatic N) is 2. The molecule has 2 unspecified atom stereocenters. The Hall–Kier alpha value is -1.25. The summed E-state index contributed by atoms with van der Waals surface area (Å²) in [6.45, 7) is 8.73. The van der Waals surface area contributed by atoms with Gasteiger partial charge < -0.3 is 9.88 Å². The van der Waals surface area contributed by atoms with Crippen molar-refractivity contribution in [1.29, 1.82) is 0 Å². The highest BCUT2D eigenvalue weighted by atomic mass is 15.1. The Morgan fingerprint density at radius 1 is 1.42 bits per heavy atom. The first kappa shape index (κ1) is 12.8. The number of hydrogen-bond donors (Lipinski definition) is 1. The van der Waals surface area contributed by atoms with Gasteiger partial charge in [0.05, 0.1) is 12.0 Å². The molecule has 0 radical (unpaired) electrons. The van der Waals surface area contributed by atoms with Crippen molar-refractivity contribution < 1.29 is 0 Å². The summed E-state index contributed by atoms with van der Waals surface area (Å²) in [5.41, 5.74) is 3.21. The van der Waals surface area contributed by atoms with Crippen molar-refractivity contribution >= 4 is 5.70 Å². The van der Waals surface area contributed by atoms with Crippen molar-refractivity contribution in [3.8, 4) is 0 Å². The van der Waals surface area contributed by atoms with Gasteiger partial charge in [0.2, 0.25) is 0 Å². The van der Waals surface area contributed by atoms with Crippen LogP contribution in [0.5, 0.6) is 0 Å². The number of nitrogens with one attached hydrogen (secondary N) is 1.